The number of pyridine rings is 3. The molecule has 0 bridgehead atoms. The molecule has 2 N–H and O–H groups in total. The van der Waals surface area contributed by atoms with Gasteiger partial charge < -0.3 is 4.98 Å². The zero-order valence-corrected chi connectivity index (χ0v) is 16.0. The zero-order valence-electron chi connectivity index (χ0n) is 16.0. The quantitative estimate of drug-likeness (QED) is 0.475. The van der Waals surface area contributed by atoms with E-state index in [1.54, 1.807) is 17.1 Å². The van der Waals surface area contributed by atoms with E-state index in [-0.39, 0.29) is 0 Å². The number of hydrogen-bond donors (Lipinski definition) is 2. The highest BCUT2D eigenvalue weighted by atomic mass is 15.2. The third kappa shape index (κ3) is 2.58. The van der Waals surface area contributed by atoms with Crippen LogP contribution in [0.4, 0.5) is 0 Å². The Morgan fingerprint density at radius 1 is 0.900 bits per heavy atom. The Hall–Kier alpha value is -4.33. The highest BCUT2D eigenvalue weighted by Crippen LogP contribution is 2.33. The average Bonchev–Trinajstić information content (AvgIpc) is 3.50. The molecule has 144 valence electrons. The Kier molecular flexibility index (Phi) is 3.51. The molecule has 6 aromatic rings. The van der Waals surface area contributed by atoms with Gasteiger partial charge in [0.2, 0.25) is 0 Å². The molecule has 6 heterocycles. The van der Waals surface area contributed by atoms with Crippen LogP contribution >= 0.6 is 0 Å². The lowest BCUT2D eigenvalue weighted by atomic mass is 10.1. The van der Waals surface area contributed by atoms with E-state index in [0.29, 0.717) is 0 Å². The summed E-state index contributed by atoms with van der Waals surface area (Å²) in [5.41, 5.74) is 8.21. The van der Waals surface area contributed by atoms with Gasteiger partial charge in [-0.1, -0.05) is 0 Å². The first kappa shape index (κ1) is 16.6. The number of rotatable bonds is 3. The Bertz CT molecular complexity index is 1510. The van der Waals surface area contributed by atoms with Crippen molar-refractivity contribution in [3.63, 3.8) is 0 Å². The lowest BCUT2D eigenvalue weighted by Crippen LogP contribution is -1.86. The fourth-order valence-corrected chi connectivity index (χ4v) is 3.74. The average molecular weight is 392 g/mol. The molecule has 0 aliphatic rings. The van der Waals surface area contributed by atoms with Gasteiger partial charge in [-0.25, -0.2) is 4.98 Å². The van der Waals surface area contributed by atoms with Gasteiger partial charge in [0.15, 0.2) is 0 Å². The molecule has 0 aliphatic heterocycles. The van der Waals surface area contributed by atoms with Gasteiger partial charge >= 0.3 is 0 Å². The second-order valence-electron chi connectivity index (χ2n) is 7.13. The largest absolute Gasteiger partial charge is 0.352 e. The van der Waals surface area contributed by atoms with Gasteiger partial charge in [0.05, 0.1) is 34.8 Å². The van der Waals surface area contributed by atoms with E-state index in [9.17, 15) is 0 Å². The highest BCUT2D eigenvalue weighted by molar-refractivity contribution is 5.99. The summed E-state index contributed by atoms with van der Waals surface area (Å²) in [5.74, 6) is 0. The number of H-pyrrole nitrogens is 2. The van der Waals surface area contributed by atoms with Gasteiger partial charge in [0.25, 0.3) is 0 Å². The fourth-order valence-electron chi connectivity index (χ4n) is 3.74. The molecule has 6 aromatic heterocycles. The van der Waals surface area contributed by atoms with E-state index in [2.05, 4.69) is 36.3 Å². The van der Waals surface area contributed by atoms with Gasteiger partial charge in [-0.05, 0) is 35.9 Å². The second-order valence-corrected chi connectivity index (χ2v) is 7.13. The van der Waals surface area contributed by atoms with Gasteiger partial charge in [0.1, 0.15) is 11.2 Å². The molecular formula is C22H16N8. The van der Waals surface area contributed by atoms with Crippen molar-refractivity contribution >= 4 is 21.9 Å². The summed E-state index contributed by atoms with van der Waals surface area (Å²) in [5, 5.41) is 12.9. The van der Waals surface area contributed by atoms with Crippen molar-refractivity contribution in [1.82, 2.24) is 39.9 Å². The third-order valence-electron chi connectivity index (χ3n) is 5.20. The molecule has 8 heteroatoms. The van der Waals surface area contributed by atoms with E-state index in [4.69, 9.17) is 4.98 Å². The van der Waals surface area contributed by atoms with Crippen LogP contribution in [-0.4, -0.2) is 39.9 Å². The van der Waals surface area contributed by atoms with Gasteiger partial charge in [-0.15, -0.1) is 0 Å². The van der Waals surface area contributed by atoms with Crippen molar-refractivity contribution in [2.75, 3.05) is 0 Å². The molecule has 0 saturated heterocycles. The molecule has 0 unspecified atom stereocenters. The first-order chi connectivity index (χ1) is 14.8. The van der Waals surface area contributed by atoms with Crippen molar-refractivity contribution in [3.8, 4) is 33.8 Å². The smallest absolute Gasteiger partial charge is 0.135 e. The van der Waals surface area contributed by atoms with E-state index >= 15 is 0 Å². The molecule has 0 aliphatic carbocycles. The highest BCUT2D eigenvalue weighted by Gasteiger charge is 2.16. The number of fused-ring (bicyclic) bond motifs is 2. The number of hydrogen-bond acceptors (Lipinski definition) is 5. The minimum atomic E-state index is 0.771. The molecule has 0 saturated carbocycles. The van der Waals surface area contributed by atoms with Gasteiger partial charge in [-0.3, -0.25) is 19.7 Å². The Morgan fingerprint density at radius 3 is 2.63 bits per heavy atom. The Labute approximate surface area is 170 Å². The Morgan fingerprint density at radius 2 is 1.80 bits per heavy atom. The summed E-state index contributed by atoms with van der Waals surface area (Å²) in [6.45, 7) is 0. The summed E-state index contributed by atoms with van der Waals surface area (Å²) in [4.78, 5) is 16.8. The van der Waals surface area contributed by atoms with Crippen molar-refractivity contribution < 1.29 is 0 Å². The molecule has 0 atom stereocenters. The van der Waals surface area contributed by atoms with Gasteiger partial charge in [-0.2, -0.15) is 10.2 Å². The van der Waals surface area contributed by atoms with E-state index in [1.807, 2.05) is 56.1 Å². The second kappa shape index (κ2) is 6.35. The number of nitrogens with one attached hydrogen (secondary N) is 2. The van der Waals surface area contributed by atoms with E-state index < -0.39 is 0 Å². The van der Waals surface area contributed by atoms with Crippen LogP contribution in [0.25, 0.3) is 55.7 Å². The van der Waals surface area contributed by atoms with Crippen LogP contribution in [0, 0.1) is 0 Å². The van der Waals surface area contributed by atoms with E-state index in [1.165, 1.54) is 0 Å². The zero-order chi connectivity index (χ0) is 20.1. The third-order valence-corrected chi connectivity index (χ3v) is 5.20. The molecule has 0 spiro atoms. The van der Waals surface area contributed by atoms with Crippen molar-refractivity contribution in [2.45, 2.75) is 0 Å². The van der Waals surface area contributed by atoms with Crippen LogP contribution < -0.4 is 0 Å². The van der Waals surface area contributed by atoms with Crippen LogP contribution in [0.3, 0.4) is 0 Å². The molecule has 8 nitrogen and oxygen atoms in total. The lowest BCUT2D eigenvalue weighted by molar-refractivity contribution is 0.768. The topological polar surface area (TPSA) is 101 Å². The van der Waals surface area contributed by atoms with Crippen molar-refractivity contribution in [1.29, 1.82) is 0 Å². The fraction of sp³-hybridized carbons (Fsp3) is 0.0455. The SMILES string of the molecule is Cn1cc(-c2ccc3[nH]nc(-c4cc5c(-c6ccncc6)cncc5[nH]4)c3n2)cn1. The molecule has 0 radical (unpaired) electrons. The minimum Gasteiger partial charge on any atom is -0.352 e. The number of aryl methyl sites for hydroxylation is 1. The van der Waals surface area contributed by atoms with Crippen LogP contribution in [0.15, 0.2) is 67.5 Å². The molecule has 0 fully saturated rings. The van der Waals surface area contributed by atoms with Crippen LogP contribution in [-0.2, 0) is 7.05 Å². The number of nitrogens with zero attached hydrogens (tertiary/aromatic N) is 6. The van der Waals surface area contributed by atoms with Crippen LogP contribution in [0.2, 0.25) is 0 Å². The monoisotopic (exact) mass is 392 g/mol. The predicted molar refractivity (Wildman–Crippen MR) is 114 cm³/mol. The first-order valence-corrected chi connectivity index (χ1v) is 9.48. The van der Waals surface area contributed by atoms with E-state index in [0.717, 1.165) is 55.7 Å². The predicted octanol–water partition coefficient (Wildman–Crippen LogP) is 3.96. The standard InChI is InChI=1S/C22H16N8/c1-30-12-14(9-25-30)17-2-3-18-21(27-17)22(29-28-18)19-8-15-16(10-24-11-20(15)26-19)13-4-6-23-7-5-13/h2-12,26H,1H3,(H,28,29). The summed E-state index contributed by atoms with van der Waals surface area (Å²) < 4.78 is 1.77. The summed E-state index contributed by atoms with van der Waals surface area (Å²) in [6.07, 6.45) is 11.0. The number of aromatic nitrogens is 8. The van der Waals surface area contributed by atoms with Crippen LogP contribution in [0.5, 0.6) is 0 Å². The Balaban J connectivity index is 1.52. The molecule has 30 heavy (non-hydrogen) atoms. The molecule has 0 amide bonds. The maximum absolute atomic E-state index is 4.85. The van der Waals surface area contributed by atoms with Crippen molar-refractivity contribution in [2.24, 2.45) is 7.05 Å². The minimum absolute atomic E-state index is 0.771. The normalized spacial score (nSPS) is 11.5. The summed E-state index contributed by atoms with van der Waals surface area (Å²) >= 11 is 0. The van der Waals surface area contributed by atoms with Crippen LogP contribution in [0.1, 0.15) is 0 Å². The molecule has 0 aromatic carbocycles. The first-order valence-electron chi connectivity index (χ1n) is 9.48. The lowest BCUT2D eigenvalue weighted by Gasteiger charge is -2.01. The number of aromatic amines is 2. The maximum Gasteiger partial charge on any atom is 0.135 e. The molecule has 6 rings (SSSR count). The summed E-state index contributed by atoms with van der Waals surface area (Å²) in [7, 11) is 1.89. The molecular weight excluding hydrogens is 376 g/mol. The van der Waals surface area contributed by atoms with Crippen molar-refractivity contribution in [3.05, 3.63) is 67.5 Å². The maximum atomic E-state index is 4.85. The summed E-state index contributed by atoms with van der Waals surface area (Å²) in [6, 6.07) is 10.0. The van der Waals surface area contributed by atoms with Gasteiger partial charge in [0, 0.05) is 48.3 Å².